The summed E-state index contributed by atoms with van der Waals surface area (Å²) in [7, 11) is 0. The highest BCUT2D eigenvalue weighted by molar-refractivity contribution is 8.26. The normalized spacial score (nSPS) is 17.9. The first-order valence-electron chi connectivity index (χ1n) is 6.77. The summed E-state index contributed by atoms with van der Waals surface area (Å²) in [6.45, 7) is 8.29. The Morgan fingerprint density at radius 1 is 1.15 bits per heavy atom. The van der Waals surface area contributed by atoms with Gasteiger partial charge in [-0.05, 0) is 37.0 Å². The maximum Gasteiger partial charge on any atom is 0.266 e. The summed E-state index contributed by atoms with van der Waals surface area (Å²) in [5.41, 5.74) is 2.34. The number of hydrogen-bond donors (Lipinski definition) is 0. The zero-order valence-corrected chi connectivity index (χ0v) is 13.8. The number of carbonyl (C=O) groups is 1. The molecule has 1 aliphatic rings. The summed E-state index contributed by atoms with van der Waals surface area (Å²) >= 11 is 6.65. The zero-order chi connectivity index (χ0) is 14.9. The number of rotatable bonds is 3. The van der Waals surface area contributed by atoms with E-state index >= 15 is 0 Å². The van der Waals surface area contributed by atoms with Crippen LogP contribution in [0.2, 0.25) is 0 Å². The van der Waals surface area contributed by atoms with Gasteiger partial charge in [0.2, 0.25) is 0 Å². The van der Waals surface area contributed by atoms with Crippen molar-refractivity contribution in [1.82, 2.24) is 4.90 Å². The van der Waals surface area contributed by atoms with Gasteiger partial charge in [0.1, 0.15) is 4.32 Å². The van der Waals surface area contributed by atoms with E-state index in [0.717, 1.165) is 5.56 Å². The third-order valence-corrected chi connectivity index (χ3v) is 4.57. The third kappa shape index (κ3) is 3.13. The van der Waals surface area contributed by atoms with Crippen LogP contribution in [0.1, 0.15) is 44.7 Å². The van der Waals surface area contributed by atoms with Gasteiger partial charge in [0.25, 0.3) is 5.91 Å². The van der Waals surface area contributed by atoms with Crippen molar-refractivity contribution in [2.45, 2.75) is 39.7 Å². The molecule has 20 heavy (non-hydrogen) atoms. The Morgan fingerprint density at radius 3 is 2.20 bits per heavy atom. The molecular weight excluding hydrogens is 286 g/mol. The largest absolute Gasteiger partial charge is 0.290 e. The fraction of sp³-hybridized carbons (Fsp3) is 0.375. The number of thiocarbonyl (C=S) groups is 1. The van der Waals surface area contributed by atoms with E-state index < -0.39 is 0 Å². The third-order valence-electron chi connectivity index (χ3n) is 3.24. The Bertz CT molecular complexity index is 558. The van der Waals surface area contributed by atoms with Gasteiger partial charge in [-0.25, -0.2) is 0 Å². The van der Waals surface area contributed by atoms with Crippen LogP contribution in [0.3, 0.4) is 0 Å². The van der Waals surface area contributed by atoms with Gasteiger partial charge in [0.15, 0.2) is 0 Å². The van der Waals surface area contributed by atoms with Crippen LogP contribution in [0.15, 0.2) is 29.2 Å². The van der Waals surface area contributed by atoms with Gasteiger partial charge in [-0.1, -0.05) is 62.1 Å². The van der Waals surface area contributed by atoms with Gasteiger partial charge in [-0.2, -0.15) is 0 Å². The average molecular weight is 305 g/mol. The van der Waals surface area contributed by atoms with Gasteiger partial charge < -0.3 is 0 Å². The van der Waals surface area contributed by atoms with Crippen LogP contribution in [-0.2, 0) is 4.79 Å². The van der Waals surface area contributed by atoms with Crippen molar-refractivity contribution in [2.24, 2.45) is 0 Å². The summed E-state index contributed by atoms with van der Waals surface area (Å²) in [5, 5.41) is 0. The molecule has 0 saturated carbocycles. The van der Waals surface area contributed by atoms with E-state index in [2.05, 4.69) is 38.1 Å². The average Bonchev–Trinajstić information content (AvgIpc) is 2.65. The van der Waals surface area contributed by atoms with Gasteiger partial charge >= 0.3 is 0 Å². The molecule has 106 valence electrons. The topological polar surface area (TPSA) is 20.3 Å². The number of carbonyl (C=O) groups excluding carboxylic acids is 1. The molecule has 1 aromatic carbocycles. The molecular formula is C16H19NOS2. The standard InChI is InChI=1S/C16H19NOS2/c1-10(2)13-7-5-12(6-8-13)9-14-15(18)17(11(3)4)16(19)20-14/h5-11H,1-4H3. The summed E-state index contributed by atoms with van der Waals surface area (Å²) in [6, 6.07) is 8.44. The lowest BCUT2D eigenvalue weighted by molar-refractivity contribution is -0.123. The predicted octanol–water partition coefficient (Wildman–Crippen LogP) is 4.42. The number of hydrogen-bond acceptors (Lipinski definition) is 3. The fourth-order valence-corrected chi connectivity index (χ4v) is 3.58. The maximum absolute atomic E-state index is 12.3. The van der Waals surface area contributed by atoms with Crippen molar-refractivity contribution in [3.63, 3.8) is 0 Å². The highest BCUT2D eigenvalue weighted by atomic mass is 32.2. The molecule has 0 N–H and O–H groups in total. The molecule has 0 aromatic heterocycles. The SMILES string of the molecule is CC(C)c1ccc(C=C2SC(=S)N(C(C)C)C2=O)cc1. The van der Waals surface area contributed by atoms with Gasteiger partial charge in [0.05, 0.1) is 4.91 Å². The first-order chi connectivity index (χ1) is 9.40. The van der Waals surface area contributed by atoms with Crippen molar-refractivity contribution in [1.29, 1.82) is 0 Å². The summed E-state index contributed by atoms with van der Waals surface area (Å²) in [5.74, 6) is 0.533. The van der Waals surface area contributed by atoms with Crippen LogP contribution in [0.25, 0.3) is 6.08 Å². The Labute approximate surface area is 130 Å². The number of benzene rings is 1. The molecule has 4 heteroatoms. The lowest BCUT2D eigenvalue weighted by atomic mass is 10.0. The van der Waals surface area contributed by atoms with E-state index in [9.17, 15) is 4.79 Å². The highest BCUT2D eigenvalue weighted by Gasteiger charge is 2.33. The summed E-state index contributed by atoms with van der Waals surface area (Å²) in [6.07, 6.45) is 1.92. The molecule has 1 saturated heterocycles. The first kappa shape index (κ1) is 15.3. The molecule has 2 rings (SSSR count). The Balaban J connectivity index is 2.24. The summed E-state index contributed by atoms with van der Waals surface area (Å²) < 4.78 is 0.648. The van der Waals surface area contributed by atoms with Gasteiger partial charge in [0, 0.05) is 6.04 Å². The number of nitrogens with zero attached hydrogens (tertiary/aromatic N) is 1. The van der Waals surface area contributed by atoms with Crippen molar-refractivity contribution in [3.8, 4) is 0 Å². The van der Waals surface area contributed by atoms with Crippen LogP contribution in [0, 0.1) is 0 Å². The van der Waals surface area contributed by atoms with E-state index in [1.54, 1.807) is 4.90 Å². The second-order valence-corrected chi connectivity index (χ2v) is 7.14. The molecule has 0 aliphatic carbocycles. The fourth-order valence-electron chi connectivity index (χ4n) is 2.05. The van der Waals surface area contributed by atoms with E-state index in [-0.39, 0.29) is 11.9 Å². The molecule has 1 amide bonds. The second kappa shape index (κ2) is 6.10. The number of thioether (sulfide) groups is 1. The Kier molecular flexibility index (Phi) is 4.66. The lowest BCUT2D eigenvalue weighted by Crippen LogP contribution is -2.34. The quantitative estimate of drug-likeness (QED) is 0.609. The molecule has 1 fully saturated rings. The smallest absolute Gasteiger partial charge is 0.266 e. The molecule has 0 atom stereocenters. The maximum atomic E-state index is 12.3. The lowest BCUT2D eigenvalue weighted by Gasteiger charge is -2.18. The second-order valence-electron chi connectivity index (χ2n) is 5.47. The van der Waals surface area contributed by atoms with Crippen LogP contribution < -0.4 is 0 Å². The molecule has 1 aromatic rings. The molecule has 1 aliphatic heterocycles. The van der Waals surface area contributed by atoms with Gasteiger partial charge in [-0.3, -0.25) is 9.69 Å². The van der Waals surface area contributed by atoms with Crippen molar-refractivity contribution in [2.75, 3.05) is 0 Å². The zero-order valence-electron chi connectivity index (χ0n) is 12.2. The van der Waals surface area contributed by atoms with Crippen LogP contribution >= 0.6 is 24.0 Å². The van der Waals surface area contributed by atoms with E-state index in [0.29, 0.717) is 15.1 Å². The first-order valence-corrected chi connectivity index (χ1v) is 7.99. The monoisotopic (exact) mass is 305 g/mol. The van der Waals surface area contributed by atoms with Gasteiger partial charge in [-0.15, -0.1) is 0 Å². The molecule has 2 nitrogen and oxygen atoms in total. The highest BCUT2D eigenvalue weighted by Crippen LogP contribution is 2.33. The van der Waals surface area contributed by atoms with Crippen molar-refractivity contribution in [3.05, 3.63) is 40.3 Å². The Hall–Kier alpha value is -1.13. The molecule has 0 bridgehead atoms. The van der Waals surface area contributed by atoms with Crippen molar-refractivity contribution >= 4 is 40.3 Å². The van der Waals surface area contributed by atoms with E-state index in [1.807, 2.05) is 19.9 Å². The molecule has 0 spiro atoms. The molecule has 0 radical (unpaired) electrons. The van der Waals surface area contributed by atoms with Crippen LogP contribution in [0.4, 0.5) is 0 Å². The minimum Gasteiger partial charge on any atom is -0.290 e. The minimum atomic E-state index is 0.0166. The van der Waals surface area contributed by atoms with E-state index in [1.165, 1.54) is 17.3 Å². The molecule has 1 heterocycles. The Morgan fingerprint density at radius 2 is 1.75 bits per heavy atom. The predicted molar refractivity (Wildman–Crippen MR) is 90.7 cm³/mol. The van der Waals surface area contributed by atoms with Crippen LogP contribution in [0.5, 0.6) is 0 Å². The summed E-state index contributed by atoms with van der Waals surface area (Å²) in [4.78, 5) is 14.7. The number of amides is 1. The minimum absolute atomic E-state index is 0.0166. The van der Waals surface area contributed by atoms with Crippen molar-refractivity contribution < 1.29 is 4.79 Å². The molecule has 0 unspecified atom stereocenters. The van der Waals surface area contributed by atoms with Crippen LogP contribution in [-0.4, -0.2) is 21.2 Å². The van der Waals surface area contributed by atoms with E-state index in [4.69, 9.17) is 12.2 Å².